The van der Waals surface area contributed by atoms with E-state index in [0.717, 1.165) is 10.0 Å². The number of halogens is 3. The molecular formula is C13H10BrClFNO. The first-order valence-corrected chi connectivity index (χ1v) is 6.35. The summed E-state index contributed by atoms with van der Waals surface area (Å²) >= 11 is 9.17. The second kappa shape index (κ2) is 5.59. The van der Waals surface area contributed by atoms with Crippen molar-refractivity contribution in [2.75, 3.05) is 5.73 Å². The van der Waals surface area contributed by atoms with Gasteiger partial charge in [0.05, 0.1) is 5.02 Å². The van der Waals surface area contributed by atoms with Crippen LogP contribution in [0.4, 0.5) is 10.1 Å². The molecule has 0 heterocycles. The van der Waals surface area contributed by atoms with Gasteiger partial charge in [0.15, 0.2) is 0 Å². The molecule has 0 aliphatic rings. The number of ether oxygens (including phenoxy) is 1. The summed E-state index contributed by atoms with van der Waals surface area (Å²) in [4.78, 5) is 0. The summed E-state index contributed by atoms with van der Waals surface area (Å²) in [6, 6.07) is 9.56. The Labute approximate surface area is 118 Å². The maximum Gasteiger partial charge on any atom is 0.138 e. The fourth-order valence-electron chi connectivity index (χ4n) is 1.44. The minimum absolute atomic E-state index is 0.250. The maximum absolute atomic E-state index is 12.8. The Kier molecular flexibility index (Phi) is 4.09. The molecular weight excluding hydrogens is 321 g/mol. The molecule has 0 radical (unpaired) electrons. The number of nitrogen functional groups attached to an aromatic ring is 1. The lowest BCUT2D eigenvalue weighted by Gasteiger charge is -2.09. The van der Waals surface area contributed by atoms with E-state index >= 15 is 0 Å². The van der Waals surface area contributed by atoms with Crippen LogP contribution < -0.4 is 10.5 Å². The number of nitrogens with two attached hydrogens (primary N) is 1. The molecule has 0 aliphatic heterocycles. The van der Waals surface area contributed by atoms with Crippen LogP contribution in [0.15, 0.2) is 40.9 Å². The lowest BCUT2D eigenvalue weighted by atomic mass is 10.2. The molecule has 0 saturated carbocycles. The van der Waals surface area contributed by atoms with Crippen molar-refractivity contribution >= 4 is 33.2 Å². The Morgan fingerprint density at radius 1 is 1.22 bits per heavy atom. The van der Waals surface area contributed by atoms with Gasteiger partial charge in [0.2, 0.25) is 0 Å². The fourth-order valence-corrected chi connectivity index (χ4v) is 1.90. The van der Waals surface area contributed by atoms with Gasteiger partial charge in [-0.15, -0.1) is 0 Å². The molecule has 0 unspecified atom stereocenters. The van der Waals surface area contributed by atoms with Crippen molar-refractivity contribution in [3.63, 3.8) is 0 Å². The molecule has 2 nitrogen and oxygen atoms in total. The molecule has 0 amide bonds. The Bertz CT molecular complexity index is 577. The average molecular weight is 331 g/mol. The Morgan fingerprint density at radius 2 is 2.00 bits per heavy atom. The van der Waals surface area contributed by atoms with Crippen LogP contribution in [-0.2, 0) is 6.61 Å². The second-order valence-corrected chi connectivity index (χ2v) is 4.98. The molecule has 0 saturated heterocycles. The molecule has 5 heteroatoms. The highest BCUT2D eigenvalue weighted by Gasteiger charge is 2.04. The summed E-state index contributed by atoms with van der Waals surface area (Å²) in [5.74, 6) is 0.0554. The van der Waals surface area contributed by atoms with Crippen molar-refractivity contribution < 1.29 is 9.13 Å². The van der Waals surface area contributed by atoms with Gasteiger partial charge in [-0.25, -0.2) is 4.39 Å². The predicted molar refractivity (Wildman–Crippen MR) is 74.3 cm³/mol. The molecule has 0 spiro atoms. The quantitative estimate of drug-likeness (QED) is 0.846. The predicted octanol–water partition coefficient (Wildman–Crippen LogP) is 4.40. The van der Waals surface area contributed by atoms with Gasteiger partial charge in [0.25, 0.3) is 0 Å². The van der Waals surface area contributed by atoms with Crippen molar-refractivity contribution in [2.45, 2.75) is 6.61 Å². The average Bonchev–Trinajstić information content (AvgIpc) is 2.32. The number of anilines is 1. The number of rotatable bonds is 3. The van der Waals surface area contributed by atoms with Crippen LogP contribution in [0.3, 0.4) is 0 Å². The van der Waals surface area contributed by atoms with E-state index in [4.69, 9.17) is 22.1 Å². The van der Waals surface area contributed by atoms with E-state index < -0.39 is 0 Å². The Morgan fingerprint density at radius 3 is 2.67 bits per heavy atom. The highest BCUT2D eigenvalue weighted by atomic mass is 79.9. The van der Waals surface area contributed by atoms with Crippen molar-refractivity contribution in [2.24, 2.45) is 0 Å². The van der Waals surface area contributed by atoms with Gasteiger partial charge in [0.1, 0.15) is 18.2 Å². The van der Waals surface area contributed by atoms with Crippen LogP contribution >= 0.6 is 27.5 Å². The summed E-state index contributed by atoms with van der Waals surface area (Å²) in [6.45, 7) is 0.322. The Hall–Kier alpha value is -1.26. The maximum atomic E-state index is 12.8. The third-order valence-electron chi connectivity index (χ3n) is 2.35. The third-order valence-corrected chi connectivity index (χ3v) is 3.37. The van der Waals surface area contributed by atoms with Crippen molar-refractivity contribution in [1.29, 1.82) is 0 Å². The first-order chi connectivity index (χ1) is 8.56. The highest BCUT2D eigenvalue weighted by Crippen LogP contribution is 2.26. The lowest BCUT2D eigenvalue weighted by Crippen LogP contribution is -1.98. The largest absolute Gasteiger partial charge is 0.487 e. The van der Waals surface area contributed by atoms with E-state index in [1.54, 1.807) is 0 Å². The van der Waals surface area contributed by atoms with Crippen molar-refractivity contribution in [3.8, 4) is 5.75 Å². The van der Waals surface area contributed by atoms with Crippen LogP contribution in [0.1, 0.15) is 5.56 Å². The fraction of sp³-hybridized carbons (Fsp3) is 0.0769. The monoisotopic (exact) mass is 329 g/mol. The normalized spacial score (nSPS) is 10.4. The molecule has 2 aromatic rings. The first-order valence-electron chi connectivity index (χ1n) is 5.18. The standard InChI is InChI=1S/C13H10BrClFNO/c14-10-3-1-8(5-12(10)17)7-18-13-4-2-9(16)6-11(13)15/h1-6H,7,17H2. The molecule has 18 heavy (non-hydrogen) atoms. The minimum Gasteiger partial charge on any atom is -0.487 e. The summed E-state index contributed by atoms with van der Waals surface area (Å²) < 4.78 is 19.2. The topological polar surface area (TPSA) is 35.2 Å². The zero-order valence-corrected chi connectivity index (χ0v) is 11.6. The molecule has 0 fully saturated rings. The van der Waals surface area contributed by atoms with Gasteiger partial charge in [-0.1, -0.05) is 17.7 Å². The van der Waals surface area contributed by atoms with Crippen LogP contribution in [0.25, 0.3) is 0 Å². The lowest BCUT2D eigenvalue weighted by molar-refractivity contribution is 0.306. The van der Waals surface area contributed by atoms with Gasteiger partial charge >= 0.3 is 0 Å². The van der Waals surface area contributed by atoms with Crippen LogP contribution in [0, 0.1) is 5.82 Å². The van der Waals surface area contributed by atoms with E-state index in [-0.39, 0.29) is 10.8 Å². The molecule has 0 aromatic heterocycles. The van der Waals surface area contributed by atoms with Gasteiger partial charge < -0.3 is 10.5 Å². The molecule has 0 atom stereocenters. The number of benzene rings is 2. The van der Waals surface area contributed by atoms with Crippen LogP contribution in [0.2, 0.25) is 5.02 Å². The SMILES string of the molecule is Nc1cc(COc2ccc(F)cc2Cl)ccc1Br. The summed E-state index contributed by atoms with van der Waals surface area (Å²) in [7, 11) is 0. The van der Waals surface area contributed by atoms with Gasteiger partial charge in [-0.05, 0) is 51.8 Å². The summed E-state index contributed by atoms with van der Waals surface area (Å²) in [5.41, 5.74) is 7.31. The zero-order valence-electron chi connectivity index (χ0n) is 9.29. The van der Waals surface area contributed by atoms with Gasteiger partial charge in [0, 0.05) is 10.2 Å². The molecule has 2 N–H and O–H groups in total. The van der Waals surface area contributed by atoms with E-state index in [1.807, 2.05) is 18.2 Å². The van der Waals surface area contributed by atoms with E-state index in [9.17, 15) is 4.39 Å². The van der Waals surface area contributed by atoms with E-state index in [0.29, 0.717) is 18.0 Å². The summed E-state index contributed by atoms with van der Waals surface area (Å²) in [5, 5.41) is 0.250. The molecule has 0 bridgehead atoms. The first kappa shape index (κ1) is 13.2. The molecule has 94 valence electrons. The van der Waals surface area contributed by atoms with Crippen LogP contribution in [-0.4, -0.2) is 0 Å². The van der Waals surface area contributed by atoms with E-state index in [1.165, 1.54) is 18.2 Å². The highest BCUT2D eigenvalue weighted by molar-refractivity contribution is 9.10. The summed E-state index contributed by atoms with van der Waals surface area (Å²) in [6.07, 6.45) is 0. The second-order valence-electron chi connectivity index (χ2n) is 3.72. The third kappa shape index (κ3) is 3.15. The minimum atomic E-state index is -0.389. The van der Waals surface area contributed by atoms with E-state index in [2.05, 4.69) is 15.9 Å². The van der Waals surface area contributed by atoms with Crippen LogP contribution in [0.5, 0.6) is 5.75 Å². The van der Waals surface area contributed by atoms with Crippen molar-refractivity contribution in [3.05, 3.63) is 57.3 Å². The molecule has 2 rings (SSSR count). The molecule has 0 aliphatic carbocycles. The zero-order chi connectivity index (χ0) is 13.1. The number of hydrogen-bond acceptors (Lipinski definition) is 2. The smallest absolute Gasteiger partial charge is 0.138 e. The molecule has 2 aromatic carbocycles. The Balaban J connectivity index is 2.09. The van der Waals surface area contributed by atoms with Gasteiger partial charge in [-0.3, -0.25) is 0 Å². The van der Waals surface area contributed by atoms with Crippen molar-refractivity contribution in [1.82, 2.24) is 0 Å². The number of hydrogen-bond donors (Lipinski definition) is 1. The van der Waals surface area contributed by atoms with Gasteiger partial charge in [-0.2, -0.15) is 0 Å².